The molecule has 1 amide bonds. The van der Waals surface area contributed by atoms with Gasteiger partial charge in [-0.05, 0) is 47.7 Å². The van der Waals surface area contributed by atoms with Crippen LogP contribution in [-0.2, 0) is 11.3 Å². The summed E-state index contributed by atoms with van der Waals surface area (Å²) in [6.45, 7) is 3.75. The van der Waals surface area contributed by atoms with Crippen molar-refractivity contribution in [3.8, 4) is 0 Å². The minimum atomic E-state index is -0.00705. The van der Waals surface area contributed by atoms with Crippen LogP contribution in [0.15, 0.2) is 16.8 Å². The van der Waals surface area contributed by atoms with Crippen LogP contribution in [0.2, 0.25) is 0 Å². The lowest BCUT2D eigenvalue weighted by atomic mass is 9.92. The van der Waals surface area contributed by atoms with E-state index in [-0.39, 0.29) is 11.9 Å². The van der Waals surface area contributed by atoms with E-state index >= 15 is 0 Å². The molecule has 2 heterocycles. The van der Waals surface area contributed by atoms with E-state index in [1.54, 1.807) is 11.3 Å². The summed E-state index contributed by atoms with van der Waals surface area (Å²) >= 11 is 1.66. The maximum absolute atomic E-state index is 11.9. The van der Waals surface area contributed by atoms with E-state index in [4.69, 9.17) is 0 Å². The largest absolute Gasteiger partial charge is 0.351 e. The van der Waals surface area contributed by atoms with Crippen molar-refractivity contribution in [3.05, 3.63) is 22.4 Å². The van der Waals surface area contributed by atoms with Gasteiger partial charge in [-0.1, -0.05) is 6.92 Å². The number of amides is 1. The van der Waals surface area contributed by atoms with Crippen LogP contribution in [0.4, 0.5) is 0 Å². The van der Waals surface area contributed by atoms with Gasteiger partial charge >= 0.3 is 0 Å². The van der Waals surface area contributed by atoms with E-state index in [0.717, 1.165) is 13.0 Å². The molecule has 1 fully saturated rings. The van der Waals surface area contributed by atoms with Crippen molar-refractivity contribution in [2.45, 2.75) is 32.4 Å². The molecule has 88 valence electrons. The Labute approximate surface area is 100 Å². The number of carbonyl (C=O) groups is 1. The first-order chi connectivity index (χ1) is 7.77. The van der Waals surface area contributed by atoms with Gasteiger partial charge in [-0.2, -0.15) is 11.3 Å². The van der Waals surface area contributed by atoms with Gasteiger partial charge in [-0.3, -0.25) is 4.79 Å². The van der Waals surface area contributed by atoms with Gasteiger partial charge in [-0.15, -0.1) is 0 Å². The highest BCUT2D eigenvalue weighted by molar-refractivity contribution is 7.07. The molecular weight excluding hydrogens is 220 g/mol. The van der Waals surface area contributed by atoms with Crippen molar-refractivity contribution in [2.24, 2.45) is 5.92 Å². The van der Waals surface area contributed by atoms with Crippen LogP contribution in [0.5, 0.6) is 0 Å². The first-order valence-corrected chi connectivity index (χ1v) is 6.74. The van der Waals surface area contributed by atoms with Gasteiger partial charge in [0.25, 0.3) is 0 Å². The number of hydrogen-bond donors (Lipinski definition) is 2. The van der Waals surface area contributed by atoms with Crippen molar-refractivity contribution in [3.63, 3.8) is 0 Å². The molecule has 1 aromatic rings. The second kappa shape index (κ2) is 5.46. The molecule has 1 aromatic heterocycles. The van der Waals surface area contributed by atoms with Crippen LogP contribution in [0.1, 0.15) is 25.3 Å². The average Bonchev–Trinajstić information content (AvgIpc) is 2.79. The molecule has 2 unspecified atom stereocenters. The molecule has 0 spiro atoms. The molecule has 4 heteroatoms. The minimum absolute atomic E-state index is 0.00705. The predicted molar refractivity (Wildman–Crippen MR) is 66.4 cm³/mol. The van der Waals surface area contributed by atoms with Crippen molar-refractivity contribution in [1.82, 2.24) is 10.6 Å². The fraction of sp³-hybridized carbons (Fsp3) is 0.583. The van der Waals surface area contributed by atoms with Crippen molar-refractivity contribution in [1.29, 1.82) is 0 Å². The molecule has 1 saturated heterocycles. The molecule has 0 radical (unpaired) electrons. The normalized spacial score (nSPS) is 25.3. The van der Waals surface area contributed by atoms with Crippen molar-refractivity contribution in [2.75, 3.05) is 6.54 Å². The highest BCUT2D eigenvalue weighted by atomic mass is 32.1. The van der Waals surface area contributed by atoms with E-state index in [1.165, 1.54) is 12.0 Å². The van der Waals surface area contributed by atoms with Gasteiger partial charge in [0.2, 0.25) is 5.91 Å². The Morgan fingerprint density at radius 1 is 1.69 bits per heavy atom. The Hall–Kier alpha value is -0.870. The summed E-state index contributed by atoms with van der Waals surface area (Å²) in [5, 5.41) is 10.4. The van der Waals surface area contributed by atoms with Crippen LogP contribution in [0.25, 0.3) is 0 Å². The summed E-state index contributed by atoms with van der Waals surface area (Å²) < 4.78 is 0. The molecule has 2 atom stereocenters. The summed E-state index contributed by atoms with van der Waals surface area (Å²) in [4.78, 5) is 11.9. The molecule has 2 N–H and O–H groups in total. The third kappa shape index (κ3) is 2.83. The zero-order chi connectivity index (χ0) is 11.4. The number of rotatable bonds is 3. The monoisotopic (exact) mass is 238 g/mol. The highest BCUT2D eigenvalue weighted by Crippen LogP contribution is 2.15. The Balaban J connectivity index is 1.83. The summed E-state index contributed by atoms with van der Waals surface area (Å²) in [5.41, 5.74) is 1.18. The van der Waals surface area contributed by atoms with E-state index in [1.807, 2.05) is 11.4 Å². The molecular formula is C12H18N2OS. The van der Waals surface area contributed by atoms with Crippen molar-refractivity contribution < 1.29 is 4.79 Å². The number of thiophene rings is 1. The standard InChI is InChI=1S/C12H18N2OS/c1-9-3-2-5-13-11(9)12(15)14-7-10-4-6-16-8-10/h4,6,8-9,11,13H,2-3,5,7H2,1H3,(H,14,15). The fourth-order valence-electron chi connectivity index (χ4n) is 2.09. The summed E-state index contributed by atoms with van der Waals surface area (Å²) in [5.74, 6) is 0.578. The minimum Gasteiger partial charge on any atom is -0.351 e. The second-order valence-electron chi connectivity index (χ2n) is 4.40. The van der Waals surface area contributed by atoms with E-state index in [0.29, 0.717) is 12.5 Å². The van der Waals surface area contributed by atoms with Gasteiger partial charge < -0.3 is 10.6 Å². The van der Waals surface area contributed by atoms with Crippen LogP contribution < -0.4 is 10.6 Å². The van der Waals surface area contributed by atoms with Gasteiger partial charge in [0.15, 0.2) is 0 Å². The quantitative estimate of drug-likeness (QED) is 0.842. The molecule has 3 nitrogen and oxygen atoms in total. The molecule has 0 saturated carbocycles. The number of nitrogens with one attached hydrogen (secondary N) is 2. The van der Waals surface area contributed by atoms with Gasteiger partial charge in [0.05, 0.1) is 6.04 Å². The number of piperidine rings is 1. The SMILES string of the molecule is CC1CCCNC1C(=O)NCc1ccsc1. The molecule has 2 rings (SSSR count). The Bertz CT molecular complexity index is 337. The third-order valence-electron chi connectivity index (χ3n) is 3.10. The maximum atomic E-state index is 11.9. The Kier molecular flexibility index (Phi) is 3.96. The van der Waals surface area contributed by atoms with Gasteiger partial charge in [0.1, 0.15) is 0 Å². The molecule has 0 aliphatic carbocycles. The lowest BCUT2D eigenvalue weighted by Gasteiger charge is -2.28. The van der Waals surface area contributed by atoms with E-state index < -0.39 is 0 Å². The lowest BCUT2D eigenvalue weighted by molar-refractivity contribution is -0.125. The Morgan fingerprint density at radius 3 is 3.25 bits per heavy atom. The number of hydrogen-bond acceptors (Lipinski definition) is 3. The second-order valence-corrected chi connectivity index (χ2v) is 5.18. The predicted octanol–water partition coefficient (Wildman–Crippen LogP) is 1.75. The molecule has 0 bridgehead atoms. The van der Waals surface area contributed by atoms with Crippen LogP contribution in [0.3, 0.4) is 0 Å². The van der Waals surface area contributed by atoms with Crippen LogP contribution in [0, 0.1) is 5.92 Å². The average molecular weight is 238 g/mol. The van der Waals surface area contributed by atoms with Gasteiger partial charge in [-0.25, -0.2) is 0 Å². The Morgan fingerprint density at radius 2 is 2.56 bits per heavy atom. The van der Waals surface area contributed by atoms with E-state index in [2.05, 4.69) is 22.9 Å². The smallest absolute Gasteiger partial charge is 0.237 e. The molecule has 16 heavy (non-hydrogen) atoms. The van der Waals surface area contributed by atoms with Crippen LogP contribution >= 0.6 is 11.3 Å². The van der Waals surface area contributed by atoms with Gasteiger partial charge in [0, 0.05) is 6.54 Å². The zero-order valence-electron chi connectivity index (χ0n) is 9.53. The fourth-order valence-corrected chi connectivity index (χ4v) is 2.76. The lowest BCUT2D eigenvalue weighted by Crippen LogP contribution is -2.50. The molecule has 0 aromatic carbocycles. The van der Waals surface area contributed by atoms with Crippen LogP contribution in [-0.4, -0.2) is 18.5 Å². The van der Waals surface area contributed by atoms with Crippen molar-refractivity contribution >= 4 is 17.2 Å². The summed E-state index contributed by atoms with van der Waals surface area (Å²) in [7, 11) is 0. The summed E-state index contributed by atoms with van der Waals surface area (Å²) in [6.07, 6.45) is 2.32. The first-order valence-electron chi connectivity index (χ1n) is 5.79. The maximum Gasteiger partial charge on any atom is 0.237 e. The highest BCUT2D eigenvalue weighted by Gasteiger charge is 2.26. The topological polar surface area (TPSA) is 41.1 Å². The molecule has 1 aliphatic rings. The first kappa shape index (κ1) is 11.6. The number of carbonyl (C=O) groups excluding carboxylic acids is 1. The third-order valence-corrected chi connectivity index (χ3v) is 3.83. The zero-order valence-corrected chi connectivity index (χ0v) is 10.3. The molecule has 1 aliphatic heterocycles. The van der Waals surface area contributed by atoms with E-state index in [9.17, 15) is 4.79 Å². The summed E-state index contributed by atoms with van der Waals surface area (Å²) in [6, 6.07) is 2.04.